The van der Waals surface area contributed by atoms with E-state index in [1.165, 1.54) is 10.9 Å². The lowest BCUT2D eigenvalue weighted by Crippen LogP contribution is -2.24. The summed E-state index contributed by atoms with van der Waals surface area (Å²) >= 11 is 6.21. The van der Waals surface area contributed by atoms with Crippen molar-refractivity contribution in [2.24, 2.45) is 0 Å². The van der Waals surface area contributed by atoms with Crippen LogP contribution in [0.1, 0.15) is 5.56 Å². The summed E-state index contributed by atoms with van der Waals surface area (Å²) in [6.07, 6.45) is 1.42. The van der Waals surface area contributed by atoms with E-state index >= 15 is 0 Å². The first-order chi connectivity index (χ1) is 14.7. The summed E-state index contributed by atoms with van der Waals surface area (Å²) in [6, 6.07) is 24.9. The number of hydrogen-bond donors (Lipinski definition) is 0. The Kier molecular flexibility index (Phi) is 5.82. The second kappa shape index (κ2) is 8.84. The number of nitrogens with zero attached hydrogens (tertiary/aromatic N) is 2. The maximum absolute atomic E-state index is 13.0. The zero-order valence-electron chi connectivity index (χ0n) is 16.3. The van der Waals surface area contributed by atoms with E-state index in [2.05, 4.69) is 5.10 Å². The molecule has 0 aliphatic carbocycles. The summed E-state index contributed by atoms with van der Waals surface area (Å²) in [4.78, 5) is 13.0. The van der Waals surface area contributed by atoms with Gasteiger partial charge in [0, 0.05) is 0 Å². The molecule has 0 fully saturated rings. The average Bonchev–Trinajstić information content (AvgIpc) is 2.80. The summed E-state index contributed by atoms with van der Waals surface area (Å²) in [7, 11) is 1.58. The van der Waals surface area contributed by atoms with Crippen LogP contribution in [0.3, 0.4) is 0 Å². The van der Waals surface area contributed by atoms with Gasteiger partial charge in [0.15, 0.2) is 0 Å². The zero-order valence-corrected chi connectivity index (χ0v) is 17.0. The average molecular weight is 419 g/mol. The summed E-state index contributed by atoms with van der Waals surface area (Å²) < 4.78 is 12.3. The number of aromatic nitrogens is 2. The molecular weight excluding hydrogens is 400 g/mol. The third kappa shape index (κ3) is 4.21. The summed E-state index contributed by atoms with van der Waals surface area (Å²) in [5.41, 5.74) is 2.68. The first-order valence-electron chi connectivity index (χ1n) is 9.36. The molecule has 5 nitrogen and oxygen atoms in total. The molecule has 0 radical (unpaired) electrons. The van der Waals surface area contributed by atoms with Crippen molar-refractivity contribution in [3.63, 3.8) is 0 Å². The van der Waals surface area contributed by atoms with Gasteiger partial charge in [0.25, 0.3) is 0 Å². The van der Waals surface area contributed by atoms with Crippen LogP contribution in [0, 0.1) is 0 Å². The van der Waals surface area contributed by atoms with Gasteiger partial charge in [-0.2, -0.15) is 5.10 Å². The van der Waals surface area contributed by atoms with Crippen molar-refractivity contribution in [1.29, 1.82) is 0 Å². The fourth-order valence-corrected chi connectivity index (χ4v) is 3.30. The maximum atomic E-state index is 13.0. The first kappa shape index (κ1) is 19.7. The Balaban J connectivity index is 1.67. The van der Waals surface area contributed by atoms with Gasteiger partial charge >= 0.3 is 5.56 Å². The third-order valence-corrected chi connectivity index (χ3v) is 4.93. The Morgan fingerprint density at radius 3 is 2.30 bits per heavy atom. The molecule has 0 saturated carbocycles. The lowest BCUT2D eigenvalue weighted by atomic mass is 10.00. The molecule has 0 spiro atoms. The highest BCUT2D eigenvalue weighted by Gasteiger charge is 2.14. The van der Waals surface area contributed by atoms with Gasteiger partial charge < -0.3 is 9.47 Å². The highest BCUT2D eigenvalue weighted by atomic mass is 35.5. The molecule has 6 heteroatoms. The molecule has 150 valence electrons. The van der Waals surface area contributed by atoms with Crippen molar-refractivity contribution in [1.82, 2.24) is 9.78 Å². The molecule has 0 unspecified atom stereocenters. The van der Waals surface area contributed by atoms with E-state index in [4.69, 9.17) is 21.1 Å². The molecule has 0 aliphatic rings. The Morgan fingerprint density at radius 1 is 0.900 bits per heavy atom. The second-order valence-electron chi connectivity index (χ2n) is 6.59. The Labute approximate surface area is 179 Å². The monoisotopic (exact) mass is 418 g/mol. The van der Waals surface area contributed by atoms with Crippen molar-refractivity contribution in [2.45, 2.75) is 6.54 Å². The van der Waals surface area contributed by atoms with E-state index in [0.717, 1.165) is 16.7 Å². The quantitative estimate of drug-likeness (QED) is 0.420. The molecule has 30 heavy (non-hydrogen) atoms. The van der Waals surface area contributed by atoms with Gasteiger partial charge in [-0.3, -0.25) is 4.79 Å². The van der Waals surface area contributed by atoms with Crippen LogP contribution >= 0.6 is 11.6 Å². The number of hydrogen-bond acceptors (Lipinski definition) is 4. The Bertz CT molecular complexity index is 1210. The highest BCUT2D eigenvalue weighted by molar-refractivity contribution is 6.31. The lowest BCUT2D eigenvalue weighted by Gasteiger charge is -2.13. The van der Waals surface area contributed by atoms with Gasteiger partial charge in [-0.15, -0.1) is 0 Å². The minimum absolute atomic E-state index is 0.0361. The van der Waals surface area contributed by atoms with Crippen LogP contribution in [0.2, 0.25) is 5.02 Å². The molecule has 0 N–H and O–H groups in total. The van der Waals surface area contributed by atoms with E-state index in [1.54, 1.807) is 31.4 Å². The molecule has 4 aromatic rings. The fraction of sp³-hybridized carbons (Fsp3) is 0.0833. The van der Waals surface area contributed by atoms with Crippen molar-refractivity contribution in [3.05, 3.63) is 106 Å². The number of benzene rings is 3. The van der Waals surface area contributed by atoms with Gasteiger partial charge in [-0.1, -0.05) is 66.2 Å². The predicted molar refractivity (Wildman–Crippen MR) is 118 cm³/mol. The van der Waals surface area contributed by atoms with Gasteiger partial charge in [-0.05, 0) is 41.0 Å². The van der Waals surface area contributed by atoms with E-state index < -0.39 is 5.56 Å². The highest BCUT2D eigenvalue weighted by Crippen LogP contribution is 2.27. The smallest absolute Gasteiger partial charge is 0.311 e. The lowest BCUT2D eigenvalue weighted by molar-refractivity contribution is 0.412. The second-order valence-corrected chi connectivity index (χ2v) is 6.99. The number of rotatable bonds is 6. The van der Waals surface area contributed by atoms with Crippen LogP contribution in [0.15, 0.2) is 89.9 Å². The van der Waals surface area contributed by atoms with Crippen molar-refractivity contribution < 1.29 is 9.47 Å². The molecule has 1 heterocycles. The van der Waals surface area contributed by atoms with Crippen LogP contribution in [0.25, 0.3) is 11.1 Å². The van der Waals surface area contributed by atoms with Crippen LogP contribution in [0.5, 0.6) is 17.2 Å². The minimum atomic E-state index is -0.402. The van der Waals surface area contributed by atoms with Crippen LogP contribution in [-0.2, 0) is 6.54 Å². The largest absolute Gasteiger partial charge is 0.497 e. The summed E-state index contributed by atoms with van der Waals surface area (Å²) in [5, 5.41) is 4.37. The number of methoxy groups -OCH3 is 1. The van der Waals surface area contributed by atoms with Gasteiger partial charge in [-0.25, -0.2) is 4.68 Å². The molecule has 0 bridgehead atoms. The molecular formula is C24H19ClN2O3. The van der Waals surface area contributed by atoms with Crippen LogP contribution in [0.4, 0.5) is 0 Å². The first-order valence-corrected chi connectivity index (χ1v) is 9.74. The third-order valence-electron chi connectivity index (χ3n) is 4.66. The molecule has 3 aromatic carbocycles. The van der Waals surface area contributed by atoms with Gasteiger partial charge in [0.1, 0.15) is 16.5 Å². The van der Waals surface area contributed by atoms with E-state index in [0.29, 0.717) is 18.0 Å². The predicted octanol–water partition coefficient (Wildman–Crippen LogP) is 5.41. The molecule has 0 saturated heterocycles. The zero-order chi connectivity index (χ0) is 20.9. The van der Waals surface area contributed by atoms with Crippen LogP contribution < -0.4 is 15.0 Å². The fourth-order valence-electron chi connectivity index (χ4n) is 3.14. The molecule has 1 aromatic heterocycles. The van der Waals surface area contributed by atoms with E-state index in [9.17, 15) is 4.79 Å². The molecule has 0 atom stereocenters. The van der Waals surface area contributed by atoms with Crippen molar-refractivity contribution in [2.75, 3.05) is 7.11 Å². The topological polar surface area (TPSA) is 53.4 Å². The number of halogens is 1. The number of ether oxygens (including phenoxy) is 2. The molecule has 0 amide bonds. The minimum Gasteiger partial charge on any atom is -0.497 e. The Hall–Kier alpha value is -3.57. The van der Waals surface area contributed by atoms with Gasteiger partial charge in [0.05, 0.1) is 19.9 Å². The van der Waals surface area contributed by atoms with Crippen molar-refractivity contribution in [3.8, 4) is 28.4 Å². The molecule has 4 rings (SSSR count). The van der Waals surface area contributed by atoms with Gasteiger partial charge in [0.2, 0.25) is 5.75 Å². The van der Waals surface area contributed by atoms with Crippen molar-refractivity contribution >= 4 is 11.6 Å². The standard InChI is InChI=1S/C24H19ClN2O3/c1-29-19-11-13-20(14-12-19)30-23-22(25)15-26-27(24(23)28)16-18-9-5-6-10-21(18)17-7-3-2-4-8-17/h2-15H,16H2,1H3. The summed E-state index contributed by atoms with van der Waals surface area (Å²) in [6.45, 7) is 0.292. The summed E-state index contributed by atoms with van der Waals surface area (Å²) in [5.74, 6) is 1.21. The van der Waals surface area contributed by atoms with E-state index in [-0.39, 0.29) is 10.8 Å². The maximum Gasteiger partial charge on any atom is 0.311 e. The van der Waals surface area contributed by atoms with E-state index in [1.807, 2.05) is 54.6 Å². The van der Waals surface area contributed by atoms with Crippen LogP contribution in [-0.4, -0.2) is 16.9 Å². The Morgan fingerprint density at radius 2 is 1.57 bits per heavy atom. The SMILES string of the molecule is COc1ccc(Oc2c(Cl)cnn(Cc3ccccc3-c3ccccc3)c2=O)cc1. The normalized spacial score (nSPS) is 10.6. The molecule has 0 aliphatic heterocycles.